The van der Waals surface area contributed by atoms with Crippen LogP contribution in [0.1, 0.15) is 88.6 Å². The summed E-state index contributed by atoms with van der Waals surface area (Å²) in [4.78, 5) is 4.44. The molecule has 0 aromatic carbocycles. The van der Waals surface area contributed by atoms with Crippen LogP contribution in [0.15, 0.2) is 6.20 Å². The molecule has 0 aliphatic heterocycles. The molecule has 1 rings (SSSR count). The van der Waals surface area contributed by atoms with E-state index in [4.69, 9.17) is 0 Å². The van der Waals surface area contributed by atoms with E-state index in [2.05, 4.69) is 46.5 Å². The number of hydrogen-bond donors (Lipinski definition) is 0. The van der Waals surface area contributed by atoms with Crippen LogP contribution in [0.5, 0.6) is 0 Å². The Morgan fingerprint density at radius 2 is 1.25 bits per heavy atom. The minimum Gasteiger partial charge on any atom is -0.261 e. The van der Waals surface area contributed by atoms with Crippen LogP contribution in [0.25, 0.3) is 0 Å². The van der Waals surface area contributed by atoms with Gasteiger partial charge in [0, 0.05) is 11.9 Å². The number of hydrogen-bond acceptors (Lipinski definition) is 1. The average Bonchev–Trinajstić information content (AvgIpc) is 2.45. The summed E-state index contributed by atoms with van der Waals surface area (Å²) >= 11 is 0. The molecule has 1 aromatic rings. The Bertz CT molecular complexity index is 320. The second kappa shape index (κ2) is 11.9. The topological polar surface area (TPSA) is 12.9 Å². The third kappa shape index (κ3) is 7.07. The number of pyridine rings is 1. The highest BCUT2D eigenvalue weighted by Crippen LogP contribution is 2.19. The van der Waals surface area contributed by atoms with Gasteiger partial charge in [-0.05, 0) is 43.4 Å². The predicted octanol–water partition coefficient (Wildman–Crippen LogP) is 6.19. The number of aromatic nitrogens is 1. The fraction of sp³-hybridized carbons (Fsp3) is 0.737. The molecule has 0 saturated heterocycles. The van der Waals surface area contributed by atoms with E-state index in [1.807, 2.05) is 6.20 Å². The molecule has 20 heavy (non-hydrogen) atoms. The van der Waals surface area contributed by atoms with Crippen LogP contribution < -0.4 is 0 Å². The van der Waals surface area contributed by atoms with Crippen molar-refractivity contribution in [2.75, 3.05) is 0 Å². The standard InChI is InChI=1S/C13H21N.C6H14/c1-5-7-12-10(3)9-14-11(4)13(12)8-6-2;1-3-5-6-4-2/h9H,5-8H2,1-4H3;3-6H2,1-2H3. The minimum absolute atomic E-state index is 1.18. The van der Waals surface area contributed by atoms with Crippen LogP contribution in [0.4, 0.5) is 0 Å². The number of aryl methyl sites for hydroxylation is 2. The zero-order valence-corrected chi connectivity index (χ0v) is 14.7. The van der Waals surface area contributed by atoms with Gasteiger partial charge in [0.05, 0.1) is 0 Å². The van der Waals surface area contributed by atoms with Crippen molar-refractivity contribution in [1.29, 1.82) is 0 Å². The van der Waals surface area contributed by atoms with Gasteiger partial charge in [0.2, 0.25) is 0 Å². The molecular formula is C19H35N. The Morgan fingerprint density at radius 1 is 0.750 bits per heavy atom. The fourth-order valence-electron chi connectivity index (χ4n) is 2.49. The van der Waals surface area contributed by atoms with Crippen LogP contribution in [0.3, 0.4) is 0 Å². The molecule has 0 spiro atoms. The molecule has 0 saturated carbocycles. The van der Waals surface area contributed by atoms with E-state index in [-0.39, 0.29) is 0 Å². The summed E-state index contributed by atoms with van der Waals surface area (Å²) in [5.41, 5.74) is 5.62. The molecule has 0 radical (unpaired) electrons. The largest absolute Gasteiger partial charge is 0.261 e. The maximum Gasteiger partial charge on any atom is 0.0407 e. The van der Waals surface area contributed by atoms with Gasteiger partial charge in [-0.3, -0.25) is 4.98 Å². The van der Waals surface area contributed by atoms with E-state index in [0.717, 1.165) is 0 Å². The third-order valence-corrected chi connectivity index (χ3v) is 3.69. The van der Waals surface area contributed by atoms with E-state index < -0.39 is 0 Å². The molecule has 1 aromatic heterocycles. The van der Waals surface area contributed by atoms with Crippen LogP contribution >= 0.6 is 0 Å². The Balaban J connectivity index is 0.000000511. The van der Waals surface area contributed by atoms with Crippen molar-refractivity contribution in [3.05, 3.63) is 28.6 Å². The lowest BCUT2D eigenvalue weighted by atomic mass is 9.95. The highest BCUT2D eigenvalue weighted by atomic mass is 14.7. The summed E-state index contributed by atoms with van der Waals surface area (Å²) in [7, 11) is 0. The van der Waals surface area contributed by atoms with Crippen molar-refractivity contribution in [2.24, 2.45) is 0 Å². The van der Waals surface area contributed by atoms with Crippen LogP contribution in [0.2, 0.25) is 0 Å². The van der Waals surface area contributed by atoms with Gasteiger partial charge in [-0.25, -0.2) is 0 Å². The molecule has 0 amide bonds. The molecular weight excluding hydrogens is 242 g/mol. The second-order valence-electron chi connectivity index (χ2n) is 5.69. The maximum atomic E-state index is 4.44. The van der Waals surface area contributed by atoms with Crippen LogP contribution in [-0.2, 0) is 12.8 Å². The molecule has 0 aliphatic rings. The summed E-state index contributed by atoms with van der Waals surface area (Å²) in [5.74, 6) is 0. The lowest BCUT2D eigenvalue weighted by Gasteiger charge is -2.13. The zero-order chi connectivity index (χ0) is 15.4. The molecule has 1 nitrogen and oxygen atoms in total. The lowest BCUT2D eigenvalue weighted by molar-refractivity contribution is 0.702. The van der Waals surface area contributed by atoms with Gasteiger partial charge in [-0.2, -0.15) is 0 Å². The monoisotopic (exact) mass is 277 g/mol. The van der Waals surface area contributed by atoms with Gasteiger partial charge >= 0.3 is 0 Å². The predicted molar refractivity (Wildman–Crippen MR) is 91.5 cm³/mol. The van der Waals surface area contributed by atoms with Crippen molar-refractivity contribution in [3.8, 4) is 0 Å². The van der Waals surface area contributed by atoms with Crippen molar-refractivity contribution < 1.29 is 0 Å². The lowest BCUT2D eigenvalue weighted by Crippen LogP contribution is -2.02. The molecule has 0 unspecified atom stereocenters. The first-order chi connectivity index (χ1) is 9.62. The number of nitrogens with zero attached hydrogens (tertiary/aromatic N) is 1. The summed E-state index contributed by atoms with van der Waals surface area (Å²) < 4.78 is 0. The van der Waals surface area contributed by atoms with Gasteiger partial charge in [0.15, 0.2) is 0 Å². The van der Waals surface area contributed by atoms with E-state index in [1.165, 1.54) is 68.2 Å². The third-order valence-electron chi connectivity index (χ3n) is 3.69. The normalized spacial score (nSPS) is 10.1. The molecule has 0 bridgehead atoms. The molecule has 116 valence electrons. The average molecular weight is 277 g/mol. The van der Waals surface area contributed by atoms with Crippen LogP contribution in [-0.4, -0.2) is 4.98 Å². The smallest absolute Gasteiger partial charge is 0.0407 e. The first kappa shape index (κ1) is 19.1. The molecule has 1 heteroatoms. The Kier molecular flexibility index (Phi) is 11.4. The molecule has 0 N–H and O–H groups in total. The Labute approximate surface area is 127 Å². The van der Waals surface area contributed by atoms with E-state index >= 15 is 0 Å². The minimum atomic E-state index is 1.18. The maximum absolute atomic E-state index is 4.44. The van der Waals surface area contributed by atoms with Crippen molar-refractivity contribution in [2.45, 2.75) is 92.9 Å². The van der Waals surface area contributed by atoms with E-state index in [9.17, 15) is 0 Å². The summed E-state index contributed by atoms with van der Waals surface area (Å²) in [6, 6.07) is 0. The van der Waals surface area contributed by atoms with Gasteiger partial charge in [0.1, 0.15) is 0 Å². The molecule has 0 atom stereocenters. The first-order valence-electron chi connectivity index (χ1n) is 8.56. The van der Waals surface area contributed by atoms with Gasteiger partial charge in [-0.1, -0.05) is 66.2 Å². The summed E-state index contributed by atoms with van der Waals surface area (Å²) in [6.07, 6.45) is 12.4. The second-order valence-corrected chi connectivity index (χ2v) is 5.69. The van der Waals surface area contributed by atoms with Gasteiger partial charge in [0.25, 0.3) is 0 Å². The quantitative estimate of drug-likeness (QED) is 0.541. The number of unbranched alkanes of at least 4 members (excludes halogenated alkanes) is 3. The summed E-state index contributed by atoms with van der Waals surface area (Å²) in [6.45, 7) is 13.2. The molecule has 0 aliphatic carbocycles. The van der Waals surface area contributed by atoms with Gasteiger partial charge < -0.3 is 0 Å². The highest BCUT2D eigenvalue weighted by Gasteiger charge is 2.08. The van der Waals surface area contributed by atoms with Gasteiger partial charge in [-0.15, -0.1) is 0 Å². The van der Waals surface area contributed by atoms with Crippen LogP contribution in [0, 0.1) is 13.8 Å². The number of rotatable bonds is 7. The summed E-state index contributed by atoms with van der Waals surface area (Å²) in [5, 5.41) is 0. The van der Waals surface area contributed by atoms with E-state index in [1.54, 1.807) is 5.56 Å². The Hall–Kier alpha value is -0.850. The molecule has 1 heterocycles. The zero-order valence-electron chi connectivity index (χ0n) is 14.7. The van der Waals surface area contributed by atoms with Crippen molar-refractivity contribution in [3.63, 3.8) is 0 Å². The Morgan fingerprint density at radius 3 is 1.70 bits per heavy atom. The van der Waals surface area contributed by atoms with Crippen molar-refractivity contribution in [1.82, 2.24) is 4.98 Å². The van der Waals surface area contributed by atoms with Crippen molar-refractivity contribution >= 4 is 0 Å². The fourth-order valence-corrected chi connectivity index (χ4v) is 2.49. The molecule has 0 fully saturated rings. The SMILES string of the molecule is CCCCCC.CCCc1c(C)cnc(C)c1CCC. The van der Waals surface area contributed by atoms with E-state index in [0.29, 0.717) is 0 Å². The first-order valence-corrected chi connectivity index (χ1v) is 8.56. The highest BCUT2D eigenvalue weighted by molar-refractivity contribution is 5.35.